The minimum Gasteiger partial charge on any atom is -0.444 e. The van der Waals surface area contributed by atoms with Crippen LogP contribution < -0.4 is 16.0 Å². The molecular weight excluding hydrogens is 620 g/mol. The molecule has 10 nitrogen and oxygen atoms in total. The fraction of sp³-hybridized carbons (Fsp3) is 0.821. The molecule has 3 N–H and O–H groups in total. The van der Waals surface area contributed by atoms with Crippen LogP contribution in [0.1, 0.15) is 127 Å². The second-order valence-corrected chi connectivity index (χ2v) is 17.7. The fourth-order valence-corrected chi connectivity index (χ4v) is 8.89. The van der Waals surface area contributed by atoms with Gasteiger partial charge in [-0.3, -0.25) is 19.2 Å². The second-order valence-electron chi connectivity index (χ2n) is 17.7. The van der Waals surface area contributed by atoms with Crippen LogP contribution in [-0.4, -0.2) is 71.3 Å². The highest BCUT2D eigenvalue weighted by molar-refractivity contribution is 6.38. The lowest BCUT2D eigenvalue weighted by atomic mass is 9.83. The van der Waals surface area contributed by atoms with E-state index in [2.05, 4.69) is 63.6 Å². The van der Waals surface area contributed by atoms with Crippen LogP contribution >= 0.6 is 0 Å². The smallest absolute Gasteiger partial charge is 0.408 e. The monoisotopic (exact) mass is 684 g/mol. The van der Waals surface area contributed by atoms with Gasteiger partial charge in [0.2, 0.25) is 17.6 Å². The number of ketones is 1. The van der Waals surface area contributed by atoms with E-state index in [1.807, 2.05) is 6.92 Å². The number of Topliss-reactive ketones (excluding diaryl/α,β-unsaturated/α-hetero) is 1. The van der Waals surface area contributed by atoms with Crippen LogP contribution in [0.3, 0.4) is 0 Å². The lowest BCUT2D eigenvalue weighted by Gasteiger charge is -2.37. The molecular formula is C39H64N4O6. The van der Waals surface area contributed by atoms with Crippen LogP contribution in [0, 0.1) is 40.4 Å². The average molecular weight is 685 g/mol. The molecule has 0 radical (unpaired) electrons. The molecule has 4 amide bonds. The van der Waals surface area contributed by atoms with Crippen LogP contribution in [0.15, 0.2) is 11.6 Å². The van der Waals surface area contributed by atoms with Gasteiger partial charge in [-0.25, -0.2) is 4.79 Å². The van der Waals surface area contributed by atoms with Crippen LogP contribution in [0.25, 0.3) is 0 Å². The summed E-state index contributed by atoms with van der Waals surface area (Å²) in [5, 5.41) is 8.58. The minimum absolute atomic E-state index is 0.0513. The van der Waals surface area contributed by atoms with E-state index in [-0.39, 0.29) is 34.5 Å². The van der Waals surface area contributed by atoms with Gasteiger partial charge in [-0.1, -0.05) is 72.0 Å². The molecule has 49 heavy (non-hydrogen) atoms. The van der Waals surface area contributed by atoms with Gasteiger partial charge in [0.15, 0.2) is 0 Å². The van der Waals surface area contributed by atoms with Gasteiger partial charge in [0, 0.05) is 13.1 Å². The van der Waals surface area contributed by atoms with Gasteiger partial charge in [-0.05, 0) is 107 Å². The molecule has 0 aromatic rings. The Hall–Kier alpha value is -2.91. The average Bonchev–Trinajstić information content (AvgIpc) is 3.59. The summed E-state index contributed by atoms with van der Waals surface area (Å²) < 4.78 is 5.54. The van der Waals surface area contributed by atoms with E-state index < -0.39 is 47.4 Å². The molecule has 276 valence electrons. The van der Waals surface area contributed by atoms with Crippen molar-refractivity contribution in [3.63, 3.8) is 0 Å². The van der Waals surface area contributed by atoms with Gasteiger partial charge in [0.05, 0.1) is 6.04 Å². The summed E-state index contributed by atoms with van der Waals surface area (Å²) in [4.78, 5) is 69.5. The normalized spacial score (nSPS) is 28.0. The number of allylic oxidation sites excluding steroid dienone is 2. The van der Waals surface area contributed by atoms with E-state index in [0.717, 1.165) is 44.9 Å². The number of nitrogens with one attached hydrogen (secondary N) is 3. The molecule has 4 aliphatic rings. The molecule has 3 aliphatic carbocycles. The zero-order valence-electron chi connectivity index (χ0n) is 31.9. The van der Waals surface area contributed by atoms with Gasteiger partial charge in [0.1, 0.15) is 17.7 Å². The molecule has 0 aromatic carbocycles. The van der Waals surface area contributed by atoms with Gasteiger partial charge in [-0.15, -0.1) is 0 Å². The van der Waals surface area contributed by atoms with E-state index in [4.69, 9.17) is 4.74 Å². The van der Waals surface area contributed by atoms with Gasteiger partial charge in [-0.2, -0.15) is 0 Å². The van der Waals surface area contributed by atoms with Crippen LogP contribution in [0.4, 0.5) is 4.79 Å². The first kappa shape index (κ1) is 38.9. The molecule has 10 heteroatoms. The van der Waals surface area contributed by atoms with Gasteiger partial charge in [0.25, 0.3) is 5.91 Å². The molecule has 1 heterocycles. The van der Waals surface area contributed by atoms with Crippen molar-refractivity contribution >= 4 is 29.6 Å². The number of likely N-dealkylation sites (tertiary alicyclic amines) is 1. The largest absolute Gasteiger partial charge is 0.444 e. The molecule has 0 spiro atoms. The third-order valence-corrected chi connectivity index (χ3v) is 11.9. The molecule has 4 rings (SSSR count). The second kappa shape index (κ2) is 15.1. The number of carbonyl (C=O) groups is 5. The first-order chi connectivity index (χ1) is 22.8. The molecule has 0 aromatic heterocycles. The predicted octanol–water partition coefficient (Wildman–Crippen LogP) is 5.93. The van der Waals surface area contributed by atoms with Gasteiger partial charge >= 0.3 is 6.09 Å². The number of carbonyl (C=O) groups excluding carboxylic acids is 5. The number of alkyl carbamates (subject to hydrolysis) is 1. The Morgan fingerprint density at radius 1 is 0.959 bits per heavy atom. The molecule has 4 unspecified atom stereocenters. The number of piperidine rings is 1. The van der Waals surface area contributed by atoms with E-state index in [9.17, 15) is 24.0 Å². The zero-order chi connectivity index (χ0) is 36.5. The Morgan fingerprint density at radius 3 is 2.20 bits per heavy atom. The van der Waals surface area contributed by atoms with Crippen molar-refractivity contribution in [2.24, 2.45) is 40.4 Å². The Morgan fingerprint density at radius 2 is 1.61 bits per heavy atom. The molecule has 1 saturated heterocycles. The SMILES string of the molecule is CCCC(NC(=O)[C@@H]1[C@@H]2[C@H](CN1C(=O)C(NC(=O)OC(C)(C)C)C1CCCCC1)C2(C)C)C(=O)C(=O)NCCCC1C(C=C(C)C)C1(C)C. The molecule has 4 fully saturated rings. The summed E-state index contributed by atoms with van der Waals surface area (Å²) in [6.07, 6.45) is 9.03. The lowest BCUT2D eigenvalue weighted by Crippen LogP contribution is -2.59. The van der Waals surface area contributed by atoms with Crippen molar-refractivity contribution in [1.29, 1.82) is 0 Å². The topological polar surface area (TPSA) is 134 Å². The van der Waals surface area contributed by atoms with Gasteiger partial charge < -0.3 is 25.6 Å². The van der Waals surface area contributed by atoms with Crippen LogP contribution in [-0.2, 0) is 23.9 Å². The Bertz CT molecular complexity index is 1290. The summed E-state index contributed by atoms with van der Waals surface area (Å²) in [5.74, 6) is -0.902. The summed E-state index contributed by atoms with van der Waals surface area (Å²) in [6, 6.07) is -2.57. The summed E-state index contributed by atoms with van der Waals surface area (Å²) in [5.41, 5.74) is 0.707. The Kier molecular flexibility index (Phi) is 12.0. The van der Waals surface area contributed by atoms with E-state index in [1.165, 1.54) is 5.57 Å². The fourth-order valence-electron chi connectivity index (χ4n) is 8.89. The number of hydrogen-bond acceptors (Lipinski definition) is 6. The quantitative estimate of drug-likeness (QED) is 0.118. The highest BCUT2D eigenvalue weighted by atomic mass is 16.6. The van der Waals surface area contributed by atoms with Crippen molar-refractivity contribution < 1.29 is 28.7 Å². The summed E-state index contributed by atoms with van der Waals surface area (Å²) >= 11 is 0. The number of fused-ring (bicyclic) bond motifs is 1. The predicted molar refractivity (Wildman–Crippen MR) is 190 cm³/mol. The third-order valence-electron chi connectivity index (χ3n) is 11.9. The van der Waals surface area contributed by atoms with E-state index >= 15 is 0 Å². The van der Waals surface area contributed by atoms with Crippen molar-refractivity contribution in [3.05, 3.63) is 11.6 Å². The zero-order valence-corrected chi connectivity index (χ0v) is 31.9. The summed E-state index contributed by atoms with van der Waals surface area (Å²) in [7, 11) is 0. The Balaban J connectivity index is 1.41. The highest BCUT2D eigenvalue weighted by Gasteiger charge is 2.69. The number of ether oxygens (including phenoxy) is 1. The van der Waals surface area contributed by atoms with Crippen molar-refractivity contribution in [2.75, 3.05) is 13.1 Å². The maximum Gasteiger partial charge on any atom is 0.408 e. The first-order valence-electron chi connectivity index (χ1n) is 18.9. The van der Waals surface area contributed by atoms with Crippen LogP contribution in [0.2, 0.25) is 0 Å². The lowest BCUT2D eigenvalue weighted by molar-refractivity contribution is -0.145. The number of amides is 4. The third kappa shape index (κ3) is 9.07. The standard InChI is InChI=1S/C39H64N4O6/c1-11-16-28(32(44)34(46)40-20-15-19-25-26(21-23(2)3)38(25,7)8)41-33(45)31-29-27(39(29,9)10)22-43(31)35(47)30(24-17-13-12-14-18-24)42-36(48)49-37(4,5)6/h21,24-31H,11-20,22H2,1-10H3,(H,40,46)(H,41,45)(H,42,48)/t25?,26?,27-,28?,29-,30?,31-/m0/s1. The Labute approximate surface area is 294 Å². The minimum atomic E-state index is -0.978. The van der Waals surface area contributed by atoms with E-state index in [1.54, 1.807) is 25.7 Å². The molecule has 3 saturated carbocycles. The summed E-state index contributed by atoms with van der Waals surface area (Å²) in [6.45, 7) is 21.1. The van der Waals surface area contributed by atoms with Crippen LogP contribution in [0.5, 0.6) is 0 Å². The molecule has 1 aliphatic heterocycles. The first-order valence-corrected chi connectivity index (χ1v) is 18.9. The van der Waals surface area contributed by atoms with Crippen molar-refractivity contribution in [3.8, 4) is 0 Å². The maximum absolute atomic E-state index is 14.3. The highest BCUT2D eigenvalue weighted by Crippen LogP contribution is 2.65. The van der Waals surface area contributed by atoms with Crippen molar-refractivity contribution in [2.45, 2.75) is 151 Å². The molecule has 0 bridgehead atoms. The van der Waals surface area contributed by atoms with E-state index in [0.29, 0.717) is 37.8 Å². The number of hydrogen-bond donors (Lipinski definition) is 3. The van der Waals surface area contributed by atoms with Crippen molar-refractivity contribution in [1.82, 2.24) is 20.9 Å². The number of nitrogens with zero attached hydrogens (tertiary/aromatic N) is 1. The maximum atomic E-state index is 14.3. The molecule has 7 atom stereocenters. The number of rotatable bonds is 14.